The zero-order valence-electron chi connectivity index (χ0n) is 9.92. The van der Waals surface area contributed by atoms with E-state index in [1.54, 1.807) is 0 Å². The summed E-state index contributed by atoms with van der Waals surface area (Å²) in [5.74, 6) is 0. The third-order valence-corrected chi connectivity index (χ3v) is 3.66. The van der Waals surface area contributed by atoms with Crippen molar-refractivity contribution in [1.82, 2.24) is 0 Å². The zero-order valence-corrected chi connectivity index (χ0v) is 11.5. The minimum atomic E-state index is 0.769. The molecule has 0 radical (unpaired) electrons. The van der Waals surface area contributed by atoms with Crippen LogP contribution >= 0.6 is 15.9 Å². The first-order chi connectivity index (χ1) is 8.08. The van der Waals surface area contributed by atoms with E-state index in [0.29, 0.717) is 0 Å². The SMILES string of the molecule is Cc1ccc(N)cc1Nc1cccc(Br)c1C. The van der Waals surface area contributed by atoms with Crippen LogP contribution in [0.1, 0.15) is 11.1 Å². The number of nitrogen functional groups attached to an aromatic ring is 1. The fourth-order valence-corrected chi connectivity index (χ4v) is 2.03. The topological polar surface area (TPSA) is 38.0 Å². The van der Waals surface area contributed by atoms with Crippen molar-refractivity contribution in [2.45, 2.75) is 13.8 Å². The number of nitrogens with two attached hydrogens (primary N) is 1. The van der Waals surface area contributed by atoms with Crippen LogP contribution in [-0.2, 0) is 0 Å². The molecule has 0 amide bonds. The van der Waals surface area contributed by atoms with Gasteiger partial charge < -0.3 is 11.1 Å². The highest BCUT2D eigenvalue weighted by molar-refractivity contribution is 9.10. The van der Waals surface area contributed by atoms with Gasteiger partial charge in [0.25, 0.3) is 0 Å². The summed E-state index contributed by atoms with van der Waals surface area (Å²) in [4.78, 5) is 0. The maximum atomic E-state index is 5.80. The van der Waals surface area contributed by atoms with Crippen LogP contribution in [0.15, 0.2) is 40.9 Å². The number of rotatable bonds is 2. The number of hydrogen-bond acceptors (Lipinski definition) is 2. The lowest BCUT2D eigenvalue weighted by molar-refractivity contribution is 1.37. The van der Waals surface area contributed by atoms with Gasteiger partial charge in [-0.1, -0.05) is 28.1 Å². The molecule has 0 bridgehead atoms. The van der Waals surface area contributed by atoms with Gasteiger partial charge in [0.05, 0.1) is 0 Å². The Balaban J connectivity index is 2.38. The van der Waals surface area contributed by atoms with Crippen LogP contribution in [0.25, 0.3) is 0 Å². The molecule has 0 aliphatic carbocycles. The second kappa shape index (κ2) is 4.80. The first-order valence-electron chi connectivity index (χ1n) is 5.46. The van der Waals surface area contributed by atoms with Crippen LogP contribution in [-0.4, -0.2) is 0 Å². The highest BCUT2D eigenvalue weighted by Gasteiger charge is 2.04. The number of benzene rings is 2. The van der Waals surface area contributed by atoms with Crippen molar-refractivity contribution in [3.05, 3.63) is 52.0 Å². The molecule has 0 unspecified atom stereocenters. The molecule has 0 saturated heterocycles. The molecule has 3 N–H and O–H groups in total. The monoisotopic (exact) mass is 290 g/mol. The molecule has 0 aliphatic heterocycles. The van der Waals surface area contributed by atoms with E-state index in [0.717, 1.165) is 21.5 Å². The molecular weight excluding hydrogens is 276 g/mol. The van der Waals surface area contributed by atoms with Crippen LogP contribution in [0.4, 0.5) is 17.1 Å². The van der Waals surface area contributed by atoms with Crippen molar-refractivity contribution in [2.75, 3.05) is 11.1 Å². The predicted molar refractivity (Wildman–Crippen MR) is 77.8 cm³/mol. The number of aryl methyl sites for hydroxylation is 1. The van der Waals surface area contributed by atoms with Crippen LogP contribution in [0.3, 0.4) is 0 Å². The first-order valence-corrected chi connectivity index (χ1v) is 6.25. The summed E-state index contributed by atoms with van der Waals surface area (Å²) in [5, 5.41) is 3.41. The van der Waals surface area contributed by atoms with Crippen LogP contribution < -0.4 is 11.1 Å². The van der Waals surface area contributed by atoms with Crippen molar-refractivity contribution >= 4 is 33.0 Å². The van der Waals surface area contributed by atoms with E-state index >= 15 is 0 Å². The molecule has 2 rings (SSSR count). The molecular formula is C14H15BrN2. The Kier molecular flexibility index (Phi) is 3.38. The standard InChI is InChI=1S/C14H15BrN2/c1-9-6-7-11(16)8-14(9)17-13-5-3-4-12(15)10(13)2/h3-8,17H,16H2,1-2H3. The highest BCUT2D eigenvalue weighted by Crippen LogP contribution is 2.28. The van der Waals surface area contributed by atoms with E-state index in [4.69, 9.17) is 5.73 Å². The number of hydrogen-bond donors (Lipinski definition) is 2. The normalized spacial score (nSPS) is 10.3. The summed E-state index contributed by atoms with van der Waals surface area (Å²) in [6.07, 6.45) is 0. The van der Waals surface area contributed by atoms with Crippen molar-refractivity contribution < 1.29 is 0 Å². The maximum absolute atomic E-state index is 5.80. The minimum absolute atomic E-state index is 0.769. The van der Waals surface area contributed by atoms with E-state index in [9.17, 15) is 0 Å². The summed E-state index contributed by atoms with van der Waals surface area (Å²) in [7, 11) is 0. The summed E-state index contributed by atoms with van der Waals surface area (Å²) in [6.45, 7) is 4.14. The Labute approximate surface area is 110 Å². The van der Waals surface area contributed by atoms with E-state index in [1.807, 2.05) is 30.3 Å². The third kappa shape index (κ3) is 2.61. The van der Waals surface area contributed by atoms with E-state index in [-0.39, 0.29) is 0 Å². The molecule has 3 heteroatoms. The van der Waals surface area contributed by atoms with Crippen LogP contribution in [0.5, 0.6) is 0 Å². The maximum Gasteiger partial charge on any atom is 0.0434 e. The Hall–Kier alpha value is -1.48. The molecule has 88 valence electrons. The van der Waals surface area contributed by atoms with Gasteiger partial charge in [0.15, 0.2) is 0 Å². The van der Waals surface area contributed by atoms with Gasteiger partial charge in [-0.05, 0) is 49.2 Å². The lowest BCUT2D eigenvalue weighted by atomic mass is 10.1. The largest absolute Gasteiger partial charge is 0.399 e. The molecule has 0 atom stereocenters. The summed E-state index contributed by atoms with van der Waals surface area (Å²) in [6, 6.07) is 12.0. The van der Waals surface area contributed by atoms with Gasteiger partial charge >= 0.3 is 0 Å². The summed E-state index contributed by atoms with van der Waals surface area (Å²) >= 11 is 3.53. The Morgan fingerprint density at radius 3 is 2.59 bits per heavy atom. The zero-order chi connectivity index (χ0) is 12.4. The fraction of sp³-hybridized carbons (Fsp3) is 0.143. The summed E-state index contributed by atoms with van der Waals surface area (Å²) < 4.78 is 1.10. The van der Waals surface area contributed by atoms with Gasteiger partial charge in [-0.15, -0.1) is 0 Å². The Morgan fingerprint density at radius 2 is 1.82 bits per heavy atom. The summed E-state index contributed by atoms with van der Waals surface area (Å²) in [5.41, 5.74) is 11.1. The molecule has 0 fully saturated rings. The smallest absolute Gasteiger partial charge is 0.0434 e. The van der Waals surface area contributed by atoms with E-state index < -0.39 is 0 Å². The molecule has 0 aliphatic rings. The Morgan fingerprint density at radius 1 is 1.06 bits per heavy atom. The molecule has 0 aromatic heterocycles. The average molecular weight is 291 g/mol. The third-order valence-electron chi connectivity index (χ3n) is 2.80. The Bertz CT molecular complexity index is 550. The van der Waals surface area contributed by atoms with Crippen LogP contribution in [0.2, 0.25) is 0 Å². The molecule has 2 nitrogen and oxygen atoms in total. The molecule has 17 heavy (non-hydrogen) atoms. The number of halogens is 1. The lowest BCUT2D eigenvalue weighted by Gasteiger charge is -2.13. The lowest BCUT2D eigenvalue weighted by Crippen LogP contribution is -1.97. The molecule has 2 aromatic rings. The van der Waals surface area contributed by atoms with Gasteiger partial charge in [-0.3, -0.25) is 0 Å². The average Bonchev–Trinajstić information content (AvgIpc) is 2.30. The molecule has 2 aromatic carbocycles. The van der Waals surface area contributed by atoms with Crippen molar-refractivity contribution in [3.63, 3.8) is 0 Å². The van der Waals surface area contributed by atoms with Gasteiger partial charge in [-0.2, -0.15) is 0 Å². The van der Waals surface area contributed by atoms with Gasteiger partial charge in [-0.25, -0.2) is 0 Å². The first kappa shape index (κ1) is 12.0. The highest BCUT2D eigenvalue weighted by atomic mass is 79.9. The van der Waals surface area contributed by atoms with Crippen LogP contribution in [0, 0.1) is 13.8 Å². The van der Waals surface area contributed by atoms with Crippen molar-refractivity contribution in [2.24, 2.45) is 0 Å². The quantitative estimate of drug-likeness (QED) is 0.805. The fourth-order valence-electron chi connectivity index (χ4n) is 1.66. The van der Waals surface area contributed by atoms with Crippen molar-refractivity contribution in [3.8, 4) is 0 Å². The number of nitrogens with one attached hydrogen (secondary N) is 1. The van der Waals surface area contributed by atoms with Gasteiger partial charge in [0.2, 0.25) is 0 Å². The van der Waals surface area contributed by atoms with E-state index in [2.05, 4.69) is 41.2 Å². The predicted octanol–water partition coefficient (Wildman–Crippen LogP) is 4.39. The molecule has 0 spiro atoms. The van der Waals surface area contributed by atoms with Gasteiger partial charge in [0.1, 0.15) is 0 Å². The second-order valence-electron chi connectivity index (χ2n) is 4.11. The van der Waals surface area contributed by atoms with E-state index in [1.165, 1.54) is 11.1 Å². The molecule has 0 saturated carbocycles. The number of anilines is 3. The minimum Gasteiger partial charge on any atom is -0.399 e. The second-order valence-corrected chi connectivity index (χ2v) is 4.97. The van der Waals surface area contributed by atoms with Gasteiger partial charge in [0, 0.05) is 21.5 Å². The molecule has 0 heterocycles. The van der Waals surface area contributed by atoms with Crippen molar-refractivity contribution in [1.29, 1.82) is 0 Å².